The molecule has 0 aromatic carbocycles. The van der Waals surface area contributed by atoms with Crippen molar-refractivity contribution in [3.8, 4) is 0 Å². The monoisotopic (exact) mass is 265 g/mol. The summed E-state index contributed by atoms with van der Waals surface area (Å²) in [5.41, 5.74) is 7.20. The number of rotatable bonds is 4. The molecular weight excluding hydrogens is 242 g/mol. The van der Waals surface area contributed by atoms with Crippen molar-refractivity contribution in [1.82, 2.24) is 9.78 Å². The molecule has 1 aromatic rings. The molecule has 1 aliphatic rings. The van der Waals surface area contributed by atoms with Gasteiger partial charge in [0.05, 0.1) is 12.1 Å². The van der Waals surface area contributed by atoms with E-state index in [2.05, 4.69) is 5.10 Å². The van der Waals surface area contributed by atoms with Crippen LogP contribution in [-0.4, -0.2) is 22.4 Å². The third-order valence-corrected chi connectivity index (χ3v) is 3.32. The van der Waals surface area contributed by atoms with Crippen LogP contribution in [0.4, 0.5) is 5.82 Å². The molecule has 1 aromatic heterocycles. The van der Waals surface area contributed by atoms with Crippen molar-refractivity contribution in [3.63, 3.8) is 0 Å². The molecule has 5 nitrogen and oxygen atoms in total. The zero-order valence-electron chi connectivity index (χ0n) is 12.2. The van der Waals surface area contributed by atoms with Crippen molar-refractivity contribution in [3.05, 3.63) is 11.3 Å². The van der Waals surface area contributed by atoms with E-state index in [0.29, 0.717) is 24.0 Å². The number of carbonyl (C=O) groups is 1. The number of hydrogen-bond donors (Lipinski definition) is 1. The first-order valence-electron chi connectivity index (χ1n) is 6.89. The molecule has 0 radical (unpaired) electrons. The highest BCUT2D eigenvalue weighted by Gasteiger charge is 2.31. The summed E-state index contributed by atoms with van der Waals surface area (Å²) in [5.74, 6) is 0.878. The number of nitrogen functional groups attached to an aromatic ring is 1. The molecule has 5 heteroatoms. The zero-order valence-corrected chi connectivity index (χ0v) is 12.2. The van der Waals surface area contributed by atoms with Gasteiger partial charge in [0.1, 0.15) is 5.82 Å². The summed E-state index contributed by atoms with van der Waals surface area (Å²) in [6.45, 7) is 8.21. The first-order valence-corrected chi connectivity index (χ1v) is 6.89. The maximum atomic E-state index is 12.0. The highest BCUT2D eigenvalue weighted by Crippen LogP contribution is 2.36. The second-order valence-electron chi connectivity index (χ2n) is 6.16. The van der Waals surface area contributed by atoms with Gasteiger partial charge < -0.3 is 10.5 Å². The number of nitrogens with zero attached hydrogens (tertiary/aromatic N) is 2. The van der Waals surface area contributed by atoms with Crippen LogP contribution in [0.3, 0.4) is 0 Å². The molecular formula is C14H23N3O2. The van der Waals surface area contributed by atoms with Crippen molar-refractivity contribution in [2.45, 2.75) is 52.5 Å². The maximum Gasteiger partial charge on any atom is 0.359 e. The molecule has 0 amide bonds. The largest absolute Gasteiger partial charge is 0.461 e. The lowest BCUT2D eigenvalue weighted by molar-refractivity contribution is 0.0516. The van der Waals surface area contributed by atoms with E-state index in [4.69, 9.17) is 10.5 Å². The van der Waals surface area contributed by atoms with E-state index in [1.165, 1.54) is 12.8 Å². The standard InChI is InChI=1S/C14H23N3O2/c1-5-19-13(18)11-10(8-9-6-7-9)12(15)17(16-11)14(2,3)4/h9H,5-8,15H2,1-4H3. The van der Waals surface area contributed by atoms with Crippen LogP contribution in [0.2, 0.25) is 0 Å². The maximum absolute atomic E-state index is 12.0. The number of anilines is 1. The van der Waals surface area contributed by atoms with Gasteiger partial charge in [0.15, 0.2) is 5.69 Å². The number of nitrogens with two attached hydrogens (primary N) is 1. The van der Waals surface area contributed by atoms with Gasteiger partial charge in [-0.3, -0.25) is 0 Å². The van der Waals surface area contributed by atoms with Crippen LogP contribution in [0.1, 0.15) is 56.6 Å². The van der Waals surface area contributed by atoms with Crippen LogP contribution in [0.25, 0.3) is 0 Å². The molecule has 0 saturated heterocycles. The van der Waals surface area contributed by atoms with E-state index in [1.54, 1.807) is 11.6 Å². The minimum Gasteiger partial charge on any atom is -0.461 e. The van der Waals surface area contributed by atoms with Crippen LogP contribution in [0.5, 0.6) is 0 Å². The summed E-state index contributed by atoms with van der Waals surface area (Å²) in [5, 5.41) is 4.40. The quantitative estimate of drug-likeness (QED) is 0.848. The fraction of sp³-hybridized carbons (Fsp3) is 0.714. The molecule has 2 rings (SSSR count). The number of carbonyl (C=O) groups excluding carboxylic acids is 1. The van der Waals surface area contributed by atoms with E-state index < -0.39 is 0 Å². The Morgan fingerprint density at radius 1 is 1.47 bits per heavy atom. The van der Waals surface area contributed by atoms with Gasteiger partial charge in [-0.1, -0.05) is 0 Å². The molecule has 1 saturated carbocycles. The highest BCUT2D eigenvalue weighted by molar-refractivity contribution is 5.90. The molecule has 0 unspecified atom stereocenters. The topological polar surface area (TPSA) is 70.1 Å². The van der Waals surface area contributed by atoms with Crippen LogP contribution in [0.15, 0.2) is 0 Å². The second-order valence-corrected chi connectivity index (χ2v) is 6.16. The zero-order chi connectivity index (χ0) is 14.2. The molecule has 0 aliphatic heterocycles. The van der Waals surface area contributed by atoms with Gasteiger partial charge in [0.25, 0.3) is 0 Å². The molecule has 2 N–H and O–H groups in total. The molecule has 0 spiro atoms. The SMILES string of the molecule is CCOC(=O)c1nn(C(C)(C)C)c(N)c1CC1CC1. The number of hydrogen-bond acceptors (Lipinski definition) is 4. The second kappa shape index (κ2) is 4.87. The van der Waals surface area contributed by atoms with Crippen LogP contribution in [-0.2, 0) is 16.7 Å². The van der Waals surface area contributed by atoms with E-state index in [9.17, 15) is 4.79 Å². The van der Waals surface area contributed by atoms with Gasteiger partial charge >= 0.3 is 5.97 Å². The predicted molar refractivity (Wildman–Crippen MR) is 74.0 cm³/mol. The molecule has 0 atom stereocenters. The van der Waals surface area contributed by atoms with Crippen LogP contribution >= 0.6 is 0 Å². The average molecular weight is 265 g/mol. The summed E-state index contributed by atoms with van der Waals surface area (Å²) >= 11 is 0. The summed E-state index contributed by atoms with van der Waals surface area (Å²) in [6, 6.07) is 0. The van der Waals surface area contributed by atoms with Crippen LogP contribution in [0, 0.1) is 5.92 Å². The summed E-state index contributed by atoms with van der Waals surface area (Å²) in [7, 11) is 0. The number of esters is 1. The Morgan fingerprint density at radius 3 is 2.58 bits per heavy atom. The number of aromatic nitrogens is 2. The molecule has 1 fully saturated rings. The van der Waals surface area contributed by atoms with Crippen LogP contribution < -0.4 is 5.73 Å². The van der Waals surface area contributed by atoms with E-state index >= 15 is 0 Å². The minimum absolute atomic E-state index is 0.243. The lowest BCUT2D eigenvalue weighted by atomic mass is 10.1. The lowest BCUT2D eigenvalue weighted by Gasteiger charge is -2.20. The Balaban J connectivity index is 2.41. The van der Waals surface area contributed by atoms with Crippen molar-refractivity contribution in [2.24, 2.45) is 5.92 Å². The first kappa shape index (κ1) is 13.9. The summed E-state index contributed by atoms with van der Waals surface area (Å²) < 4.78 is 6.81. The summed E-state index contributed by atoms with van der Waals surface area (Å²) in [4.78, 5) is 12.0. The summed E-state index contributed by atoms with van der Waals surface area (Å²) in [6.07, 6.45) is 3.25. The minimum atomic E-state index is -0.368. The van der Waals surface area contributed by atoms with Gasteiger partial charge in [-0.05, 0) is 52.9 Å². The van der Waals surface area contributed by atoms with E-state index in [1.807, 2.05) is 20.8 Å². The Morgan fingerprint density at radius 2 is 2.11 bits per heavy atom. The Labute approximate surface area is 114 Å². The van der Waals surface area contributed by atoms with E-state index in [-0.39, 0.29) is 11.5 Å². The van der Waals surface area contributed by atoms with E-state index in [0.717, 1.165) is 12.0 Å². The molecule has 106 valence electrons. The Kier molecular flexibility index (Phi) is 3.56. The molecule has 19 heavy (non-hydrogen) atoms. The molecule has 1 aliphatic carbocycles. The third-order valence-electron chi connectivity index (χ3n) is 3.32. The van der Waals surface area contributed by atoms with Crippen molar-refractivity contribution >= 4 is 11.8 Å². The average Bonchev–Trinajstić information content (AvgIpc) is 3.03. The third kappa shape index (κ3) is 2.91. The van der Waals surface area contributed by atoms with Crippen molar-refractivity contribution in [2.75, 3.05) is 12.3 Å². The normalized spacial score (nSPS) is 15.6. The first-order chi connectivity index (χ1) is 8.84. The predicted octanol–water partition coefficient (Wildman–Crippen LogP) is 2.35. The molecule has 0 bridgehead atoms. The Hall–Kier alpha value is -1.52. The number of ether oxygens (including phenoxy) is 1. The van der Waals surface area contributed by atoms with Gasteiger partial charge in [0, 0.05) is 5.56 Å². The smallest absolute Gasteiger partial charge is 0.359 e. The van der Waals surface area contributed by atoms with Gasteiger partial charge in [-0.15, -0.1) is 0 Å². The Bertz CT molecular complexity index is 482. The fourth-order valence-electron chi connectivity index (χ4n) is 2.15. The fourth-order valence-corrected chi connectivity index (χ4v) is 2.15. The van der Waals surface area contributed by atoms with Gasteiger partial charge in [0.2, 0.25) is 0 Å². The molecule has 1 heterocycles. The van der Waals surface area contributed by atoms with Gasteiger partial charge in [-0.2, -0.15) is 5.10 Å². The van der Waals surface area contributed by atoms with Crippen molar-refractivity contribution in [1.29, 1.82) is 0 Å². The van der Waals surface area contributed by atoms with Gasteiger partial charge in [-0.25, -0.2) is 9.48 Å². The highest BCUT2D eigenvalue weighted by atomic mass is 16.5. The lowest BCUT2D eigenvalue weighted by Crippen LogP contribution is -2.25. The van der Waals surface area contributed by atoms with Crippen molar-refractivity contribution < 1.29 is 9.53 Å².